The van der Waals surface area contributed by atoms with Crippen molar-refractivity contribution in [2.45, 2.75) is 5.66 Å². The van der Waals surface area contributed by atoms with Crippen molar-refractivity contribution in [1.82, 2.24) is 91.1 Å². The average Bonchev–Trinajstić information content (AvgIpc) is 3.70. The van der Waals surface area contributed by atoms with Gasteiger partial charge < -0.3 is 4.98 Å². The highest BCUT2D eigenvalue weighted by Gasteiger charge is 2.63. The van der Waals surface area contributed by atoms with Crippen molar-refractivity contribution in [3.8, 4) is 0 Å². The Morgan fingerprint density at radius 1 is 0.510 bits per heavy atom. The van der Waals surface area contributed by atoms with E-state index in [4.69, 9.17) is 19.9 Å². The zero-order valence-electron chi connectivity index (χ0n) is 25.7. The van der Waals surface area contributed by atoms with Crippen LogP contribution in [0.3, 0.4) is 0 Å². The molecule has 8 aromatic heterocycles. The topological polar surface area (TPSA) is 251 Å². The van der Waals surface area contributed by atoms with Gasteiger partial charge in [-0.15, -0.1) is 40.8 Å². The predicted molar refractivity (Wildman–Crippen MR) is 173 cm³/mol. The van der Waals surface area contributed by atoms with E-state index in [1.165, 1.54) is 43.5 Å². The number of aromatic nitrogens is 18. The Hall–Kier alpha value is -8.11. The number of H-pyrrole nitrogens is 1. The highest BCUT2D eigenvalue weighted by Crippen LogP contribution is 2.49. The van der Waals surface area contributed by atoms with Gasteiger partial charge in [0, 0.05) is 43.2 Å². The number of pyridine rings is 1. The lowest BCUT2D eigenvalue weighted by Crippen LogP contribution is -2.83. The molecule has 0 aliphatic carbocycles. The summed E-state index contributed by atoms with van der Waals surface area (Å²) < 4.78 is 0. The van der Waals surface area contributed by atoms with Crippen LogP contribution in [0.5, 0.6) is 0 Å². The van der Waals surface area contributed by atoms with Gasteiger partial charge in [-0.1, -0.05) is 6.07 Å². The summed E-state index contributed by atoms with van der Waals surface area (Å²) in [4.78, 5) is 40.5. The largest absolute Gasteiger partial charge is 0.342 e. The minimum atomic E-state index is -1.86. The molecule has 246 valence electrons. The summed E-state index contributed by atoms with van der Waals surface area (Å²) in [5.41, 5.74) is -0.422. The molecule has 0 spiro atoms. The summed E-state index contributed by atoms with van der Waals surface area (Å²) in [7, 11) is 0. The number of aromatic amines is 1. The normalized spacial score (nSPS) is 16.1. The fraction of sp³-hybridized carbons (Fsp3) is 0.0357. The number of anilines is 5. The van der Waals surface area contributed by atoms with E-state index in [1.54, 1.807) is 86.6 Å². The fourth-order valence-corrected chi connectivity index (χ4v) is 5.53. The van der Waals surface area contributed by atoms with Crippen LogP contribution < -0.4 is 25.4 Å². The van der Waals surface area contributed by atoms with Gasteiger partial charge in [-0.25, -0.2) is 29.9 Å². The zero-order valence-corrected chi connectivity index (χ0v) is 25.7. The third-order valence-electron chi connectivity index (χ3n) is 7.46. The van der Waals surface area contributed by atoms with Crippen LogP contribution in [0.15, 0.2) is 111 Å². The first kappa shape index (κ1) is 29.1. The molecule has 1 atom stereocenters. The third-order valence-corrected chi connectivity index (χ3v) is 7.46. The molecule has 0 bridgehead atoms. The van der Waals surface area contributed by atoms with Gasteiger partial charge in [0.05, 0.1) is 36.8 Å². The van der Waals surface area contributed by atoms with Crippen LogP contribution in [0.1, 0.15) is 11.4 Å². The summed E-state index contributed by atoms with van der Waals surface area (Å²) in [6.45, 7) is 0. The fourth-order valence-electron chi connectivity index (χ4n) is 5.53. The van der Waals surface area contributed by atoms with Crippen LogP contribution >= 0.6 is 0 Å². The van der Waals surface area contributed by atoms with Crippen molar-refractivity contribution >= 4 is 40.5 Å². The summed E-state index contributed by atoms with van der Waals surface area (Å²) in [5, 5.41) is 45.7. The molecule has 23 nitrogen and oxygen atoms in total. The summed E-state index contributed by atoms with van der Waals surface area (Å²) in [6.07, 6.45) is 16.9. The Morgan fingerprint density at radius 3 is 2.20 bits per heavy atom. The van der Waals surface area contributed by atoms with Gasteiger partial charge in [0.1, 0.15) is 11.2 Å². The number of hydrogen-bond donors (Lipinski definition) is 1. The molecule has 0 amide bonds. The van der Waals surface area contributed by atoms with Crippen molar-refractivity contribution in [3.63, 3.8) is 0 Å². The molecule has 0 saturated carbocycles. The number of fused-ring (bicyclic) bond motifs is 1. The molecule has 1 N–H and O–H groups in total. The third kappa shape index (κ3) is 4.72. The average molecular weight is 678 g/mol. The molecule has 9 heterocycles. The van der Waals surface area contributed by atoms with E-state index in [0.717, 1.165) is 0 Å². The van der Waals surface area contributed by atoms with Gasteiger partial charge >= 0.3 is 0 Å². The number of nitrogens with zero attached hydrogens (tertiary/aromatic N) is 22. The van der Waals surface area contributed by atoms with Crippen molar-refractivity contribution in [2.24, 2.45) is 0 Å². The second kappa shape index (κ2) is 12.2. The molecule has 1 saturated heterocycles. The highest BCUT2D eigenvalue weighted by atomic mass is 16.2. The Morgan fingerprint density at radius 2 is 1.43 bits per heavy atom. The van der Waals surface area contributed by atoms with Crippen molar-refractivity contribution < 1.29 is 0 Å². The lowest BCUT2D eigenvalue weighted by molar-refractivity contribution is 0.316. The van der Waals surface area contributed by atoms with Crippen molar-refractivity contribution in [1.29, 1.82) is 0 Å². The molecule has 9 rings (SSSR count). The molecule has 1 fully saturated rings. The molecule has 1 unspecified atom stereocenters. The monoisotopic (exact) mass is 677 g/mol. The first-order valence-electron chi connectivity index (χ1n) is 14.9. The van der Waals surface area contributed by atoms with Crippen molar-refractivity contribution in [3.05, 3.63) is 122 Å². The molecule has 51 heavy (non-hydrogen) atoms. The molecule has 23 heteroatoms. The van der Waals surface area contributed by atoms with E-state index < -0.39 is 5.66 Å². The maximum atomic E-state index is 4.92. The summed E-state index contributed by atoms with van der Waals surface area (Å²) in [5.74, 6) is 0.873. The molecule has 0 aromatic carbocycles. The Kier molecular flexibility index (Phi) is 6.93. The maximum Gasteiger partial charge on any atom is 0.268 e. The summed E-state index contributed by atoms with van der Waals surface area (Å²) >= 11 is 0. The quantitative estimate of drug-likeness (QED) is 0.238. The second-order valence-corrected chi connectivity index (χ2v) is 10.3. The Bertz CT molecular complexity index is 2320. The van der Waals surface area contributed by atoms with Gasteiger partial charge in [-0.05, 0) is 46.0 Å². The molecule has 1 aliphatic heterocycles. The van der Waals surface area contributed by atoms with Crippen LogP contribution in [0.2, 0.25) is 0 Å². The second-order valence-electron chi connectivity index (χ2n) is 10.3. The highest BCUT2D eigenvalue weighted by molar-refractivity contribution is 5.76. The van der Waals surface area contributed by atoms with Crippen LogP contribution in [0.4, 0.5) is 29.4 Å². The van der Waals surface area contributed by atoms with Crippen LogP contribution in [-0.4, -0.2) is 91.1 Å². The summed E-state index contributed by atoms with van der Waals surface area (Å²) in [6, 6.07) is 12.1. The lowest BCUT2D eigenvalue weighted by Gasteiger charge is -2.62. The molecule has 0 radical (unpaired) electrons. The van der Waals surface area contributed by atoms with Gasteiger partial charge in [0.25, 0.3) is 11.9 Å². The van der Waals surface area contributed by atoms with Crippen LogP contribution in [-0.2, 0) is 5.66 Å². The SMILES string of the molecule is c1ccc(C2(c3cnnnn3)N(c3ccnnn3)N(c3cnccn3)N(c3ncccn3)N(c3cccnn3)N2c2ncc3[nH]cnc3n2)nc1. The van der Waals surface area contributed by atoms with E-state index in [-0.39, 0.29) is 35.0 Å². The van der Waals surface area contributed by atoms with E-state index in [2.05, 4.69) is 71.2 Å². The number of imidazole rings is 1. The zero-order chi connectivity index (χ0) is 34.0. The number of hydrogen-bond acceptors (Lipinski definition) is 22. The van der Waals surface area contributed by atoms with Gasteiger partial charge in [-0.2, -0.15) is 15.1 Å². The molecule has 1 aliphatic rings. The van der Waals surface area contributed by atoms with E-state index in [1.807, 2.05) is 6.07 Å². The minimum Gasteiger partial charge on any atom is -0.342 e. The smallest absolute Gasteiger partial charge is 0.268 e. The Labute approximate surface area is 284 Å². The lowest BCUT2D eigenvalue weighted by atomic mass is 9.98. The first-order valence-corrected chi connectivity index (χ1v) is 14.9. The number of hydrazine groups is 4. The van der Waals surface area contributed by atoms with E-state index in [9.17, 15) is 0 Å². The maximum absolute atomic E-state index is 4.92. The first-order chi connectivity index (χ1) is 25.3. The van der Waals surface area contributed by atoms with E-state index >= 15 is 0 Å². The van der Waals surface area contributed by atoms with Gasteiger partial charge in [-0.3, -0.25) is 9.97 Å². The Balaban J connectivity index is 1.51. The predicted octanol–water partition coefficient (Wildman–Crippen LogP) is 0.291. The molecular weight excluding hydrogens is 658 g/mol. The molecular formula is C28H19N23. The van der Waals surface area contributed by atoms with Gasteiger partial charge in [0.2, 0.25) is 5.66 Å². The van der Waals surface area contributed by atoms with Crippen molar-refractivity contribution in [2.75, 3.05) is 25.4 Å². The van der Waals surface area contributed by atoms with Crippen LogP contribution in [0, 0.1) is 0 Å². The van der Waals surface area contributed by atoms with Gasteiger partial charge in [0.15, 0.2) is 23.1 Å². The minimum absolute atomic E-state index is 0.0660. The number of rotatable bonds is 7. The molecule has 8 aromatic rings. The standard InChI is InChI=1S/C28H19N23/c1-2-8-30-20(5-1)28(21-16-39-45-46-41-21)47(22-7-12-38-44-43-22)50(24-17-29-13-14-31-24)51(26-32-9-4-10-33-26)49(23-6-3-11-37-42-23)48(28)27-34-15-19-25(40-27)36-18-35-19/h1-18H,(H,34,35,36,40). The number of nitrogens with one attached hydrogen (secondary N) is 1. The van der Waals surface area contributed by atoms with Crippen LogP contribution in [0.25, 0.3) is 11.2 Å². The van der Waals surface area contributed by atoms with E-state index in [0.29, 0.717) is 16.9 Å².